The summed E-state index contributed by atoms with van der Waals surface area (Å²) >= 11 is 0. The Morgan fingerprint density at radius 3 is 3.12 bits per heavy atom. The van der Waals surface area contributed by atoms with Gasteiger partial charge in [-0.1, -0.05) is 0 Å². The lowest BCUT2D eigenvalue weighted by atomic mass is 10.1. The van der Waals surface area contributed by atoms with Crippen LogP contribution in [-0.2, 0) is 18.3 Å². The lowest BCUT2D eigenvalue weighted by molar-refractivity contribution is -0.245. The fourth-order valence-electron chi connectivity index (χ4n) is 2.80. The average Bonchev–Trinajstić information content (AvgIpc) is 3.06. The van der Waals surface area contributed by atoms with Gasteiger partial charge in [0.2, 0.25) is 5.95 Å². The summed E-state index contributed by atoms with van der Waals surface area (Å²) in [5, 5.41) is 13.9. The minimum atomic E-state index is -4.52. The second kappa shape index (κ2) is 5.61. The van der Waals surface area contributed by atoms with Crippen molar-refractivity contribution in [1.82, 2.24) is 19.5 Å². The summed E-state index contributed by atoms with van der Waals surface area (Å²) < 4.78 is 27.6. The highest BCUT2D eigenvalue weighted by Crippen LogP contribution is 2.50. The molecule has 0 radical (unpaired) electrons. The number of aromatic nitrogens is 4. The van der Waals surface area contributed by atoms with Gasteiger partial charge in [-0.25, -0.2) is 15.0 Å². The maximum absolute atomic E-state index is 11.5. The summed E-state index contributed by atoms with van der Waals surface area (Å²) in [6, 6.07) is 0. The minimum absolute atomic E-state index is 0.0340. The zero-order valence-corrected chi connectivity index (χ0v) is 13.1. The Hall–Kier alpha value is -2.31. The van der Waals surface area contributed by atoms with Crippen molar-refractivity contribution in [2.45, 2.75) is 24.5 Å². The maximum atomic E-state index is 11.5. The van der Waals surface area contributed by atoms with Crippen molar-refractivity contribution >= 4 is 30.8 Å². The maximum Gasteiger partial charge on any atom is 0.268 e. The molecule has 4 rings (SSSR count). The normalized spacial score (nSPS) is 34.6. The van der Waals surface area contributed by atoms with E-state index in [4.69, 9.17) is 20.5 Å². The summed E-state index contributed by atoms with van der Waals surface area (Å²) in [5.74, 6) is -0.148. The number of fused-ring (bicyclic) bond motifs is 2. The van der Waals surface area contributed by atoms with Crippen LogP contribution >= 0.6 is 7.82 Å². The molecule has 0 aromatic carbocycles. The van der Waals surface area contributed by atoms with Gasteiger partial charge < -0.3 is 29.5 Å². The molecule has 2 saturated heterocycles. The molecule has 25 heavy (non-hydrogen) atoms. The van der Waals surface area contributed by atoms with Gasteiger partial charge in [0.05, 0.1) is 6.61 Å². The first-order valence-corrected chi connectivity index (χ1v) is 8.38. The molecule has 132 valence electrons. The van der Waals surface area contributed by atoms with Crippen molar-refractivity contribution in [3.63, 3.8) is 0 Å². The molecule has 15 heteroatoms. The number of hydrogen-bond acceptors (Lipinski definition) is 11. The third-order valence-corrected chi connectivity index (χ3v) is 4.80. The van der Waals surface area contributed by atoms with E-state index in [1.165, 1.54) is 4.57 Å². The van der Waals surface area contributed by atoms with Crippen LogP contribution in [0.3, 0.4) is 0 Å². The molecule has 0 saturated carbocycles. The van der Waals surface area contributed by atoms with E-state index < -0.39 is 32.4 Å². The van der Waals surface area contributed by atoms with E-state index in [2.05, 4.69) is 29.5 Å². The van der Waals surface area contributed by atoms with Gasteiger partial charge in [0.1, 0.15) is 24.6 Å². The van der Waals surface area contributed by atoms with E-state index in [9.17, 15) is 14.6 Å². The monoisotopic (exact) mass is 369 g/mol. The van der Waals surface area contributed by atoms with Crippen LogP contribution in [0.4, 0.5) is 11.8 Å². The number of azide groups is 1. The molecule has 2 aromatic heterocycles. The second-order valence-corrected chi connectivity index (χ2v) is 6.63. The summed E-state index contributed by atoms with van der Waals surface area (Å²) in [4.78, 5) is 26.0. The van der Waals surface area contributed by atoms with E-state index in [1.54, 1.807) is 0 Å². The van der Waals surface area contributed by atoms with E-state index in [-0.39, 0.29) is 29.5 Å². The minimum Gasteiger partial charge on any atom is -0.756 e. The van der Waals surface area contributed by atoms with Crippen LogP contribution in [0.15, 0.2) is 11.4 Å². The molecule has 2 aliphatic heterocycles. The smallest absolute Gasteiger partial charge is 0.268 e. The summed E-state index contributed by atoms with van der Waals surface area (Å²) in [5.41, 5.74) is 14.7. The number of phosphoric acid groups is 1. The quantitative estimate of drug-likeness (QED) is 0.300. The molecule has 14 nitrogen and oxygen atoms in total. The number of nitrogen functional groups attached to an aromatic ring is 1. The zero-order valence-electron chi connectivity index (χ0n) is 12.2. The van der Waals surface area contributed by atoms with Crippen molar-refractivity contribution < 1.29 is 28.3 Å². The van der Waals surface area contributed by atoms with Gasteiger partial charge in [0, 0.05) is 4.91 Å². The molecule has 0 spiro atoms. The van der Waals surface area contributed by atoms with Crippen molar-refractivity contribution in [1.29, 1.82) is 0 Å². The Morgan fingerprint density at radius 2 is 2.36 bits per heavy atom. The van der Waals surface area contributed by atoms with Crippen LogP contribution < -0.4 is 10.6 Å². The molecule has 5 unspecified atom stereocenters. The van der Waals surface area contributed by atoms with Crippen LogP contribution in [0, 0.1) is 0 Å². The fraction of sp³-hybridized carbons (Fsp3) is 0.500. The van der Waals surface area contributed by atoms with E-state index >= 15 is 0 Å². The molecule has 2 aromatic rings. The number of anilines is 1. The number of phosphoric ester groups is 1. The van der Waals surface area contributed by atoms with Gasteiger partial charge in [0.25, 0.3) is 7.82 Å². The standard InChI is InChI=1S/C10H11N8O6P/c11-7-4-8(14-2-13-7)18(10(15-4)16-17-12)9-5(19)6-3(23-9)1-22-25(20,21)24-6/h2-3,5-6,9,19H,1H2,(H,20,21)(H2,11,13,14)/p-1. The van der Waals surface area contributed by atoms with Gasteiger partial charge in [-0.3, -0.25) is 9.13 Å². The highest BCUT2D eigenvalue weighted by atomic mass is 31.2. The molecular weight excluding hydrogens is 359 g/mol. The highest BCUT2D eigenvalue weighted by Gasteiger charge is 2.51. The van der Waals surface area contributed by atoms with Crippen LogP contribution in [-0.4, -0.2) is 49.5 Å². The van der Waals surface area contributed by atoms with Crippen molar-refractivity contribution in [3.05, 3.63) is 16.8 Å². The van der Waals surface area contributed by atoms with Crippen molar-refractivity contribution in [3.8, 4) is 0 Å². The topological polar surface area (TPSA) is 206 Å². The number of imidazole rings is 1. The van der Waals surface area contributed by atoms with Crippen LogP contribution in [0.5, 0.6) is 0 Å². The van der Waals surface area contributed by atoms with Crippen LogP contribution in [0.2, 0.25) is 0 Å². The Labute approximate surface area is 138 Å². The lowest BCUT2D eigenvalue weighted by Crippen LogP contribution is -2.41. The first kappa shape index (κ1) is 16.2. The molecule has 4 heterocycles. The first-order chi connectivity index (χ1) is 11.9. The molecule has 2 aliphatic rings. The van der Waals surface area contributed by atoms with Gasteiger partial charge in [0.15, 0.2) is 23.2 Å². The molecule has 2 fully saturated rings. The zero-order chi connectivity index (χ0) is 17.8. The number of nitrogens with two attached hydrogens (primary N) is 1. The third kappa shape index (κ3) is 2.53. The number of nitrogens with zero attached hydrogens (tertiary/aromatic N) is 7. The summed E-state index contributed by atoms with van der Waals surface area (Å²) in [7, 11) is -4.52. The number of rotatable bonds is 2. The Bertz CT molecular complexity index is 943. The van der Waals surface area contributed by atoms with Gasteiger partial charge in [-0.05, 0) is 10.6 Å². The predicted octanol–water partition coefficient (Wildman–Crippen LogP) is -0.508. The van der Waals surface area contributed by atoms with E-state index in [0.717, 1.165) is 6.33 Å². The van der Waals surface area contributed by atoms with Crippen LogP contribution in [0.1, 0.15) is 6.23 Å². The van der Waals surface area contributed by atoms with Gasteiger partial charge in [-0.15, -0.1) is 0 Å². The third-order valence-electron chi connectivity index (χ3n) is 3.83. The summed E-state index contributed by atoms with van der Waals surface area (Å²) in [6.45, 7) is -0.320. The van der Waals surface area contributed by atoms with E-state index in [0.29, 0.717) is 0 Å². The SMILES string of the molecule is [N-]=[N+]=Nc1nc2c(N)ncnc2n1C1OC2COP(=O)([O-])OC2C1O. The number of hydrogen-bond donors (Lipinski definition) is 2. The Morgan fingerprint density at radius 1 is 1.56 bits per heavy atom. The first-order valence-electron chi connectivity index (χ1n) is 6.92. The van der Waals surface area contributed by atoms with Crippen molar-refractivity contribution in [2.75, 3.05) is 12.3 Å². The van der Waals surface area contributed by atoms with Crippen molar-refractivity contribution in [2.24, 2.45) is 5.11 Å². The number of aliphatic hydroxyl groups excluding tert-OH is 1. The molecular formula is C10H10N8O6P-. The van der Waals surface area contributed by atoms with Gasteiger partial charge in [-0.2, -0.15) is 0 Å². The Kier molecular flexibility index (Phi) is 3.63. The molecule has 3 N–H and O–H groups in total. The number of aliphatic hydroxyl groups is 1. The average molecular weight is 369 g/mol. The molecule has 0 aliphatic carbocycles. The highest BCUT2D eigenvalue weighted by molar-refractivity contribution is 7.45. The van der Waals surface area contributed by atoms with Gasteiger partial charge >= 0.3 is 0 Å². The second-order valence-electron chi connectivity index (χ2n) is 5.27. The largest absolute Gasteiger partial charge is 0.756 e. The molecule has 0 amide bonds. The Balaban J connectivity index is 1.82. The molecule has 0 bridgehead atoms. The fourth-order valence-corrected chi connectivity index (χ4v) is 3.75. The molecule has 5 atom stereocenters. The van der Waals surface area contributed by atoms with E-state index in [1.807, 2.05) is 0 Å². The number of ether oxygens (including phenoxy) is 1. The predicted molar refractivity (Wildman–Crippen MR) is 76.9 cm³/mol. The van der Waals surface area contributed by atoms with Crippen LogP contribution in [0.25, 0.3) is 21.6 Å². The lowest BCUT2D eigenvalue weighted by Gasteiger charge is -2.34. The summed E-state index contributed by atoms with van der Waals surface area (Å²) in [6.07, 6.45) is -3.48.